The van der Waals surface area contributed by atoms with E-state index in [1.54, 1.807) is 0 Å². The lowest BCUT2D eigenvalue weighted by atomic mass is 10.0. The number of hydrogen-bond acceptors (Lipinski definition) is 1. The number of benzene rings is 2. The number of aryl methyl sites for hydroxylation is 3. The maximum atomic E-state index is 13.6. The van der Waals surface area contributed by atoms with Crippen molar-refractivity contribution in [1.29, 1.82) is 0 Å². The predicted octanol–water partition coefficient (Wildman–Crippen LogP) is 5.34. The van der Waals surface area contributed by atoms with Crippen molar-refractivity contribution >= 4 is 22.5 Å². The highest BCUT2D eigenvalue weighted by Crippen LogP contribution is 2.32. The molecule has 1 aliphatic heterocycles. The summed E-state index contributed by atoms with van der Waals surface area (Å²) in [6.07, 6.45) is 4.27. The molecule has 1 amide bonds. The van der Waals surface area contributed by atoms with Gasteiger partial charge in [0.05, 0.1) is 0 Å². The molecule has 2 aromatic carbocycles. The summed E-state index contributed by atoms with van der Waals surface area (Å²) in [4.78, 5) is 15.6. The number of carbonyl (C=O) groups is 1. The number of amides is 1. The summed E-state index contributed by atoms with van der Waals surface area (Å²) in [5.74, 6) is 0.141. The molecular weight excluding hydrogens is 320 g/mol. The molecule has 3 aromatic rings. The van der Waals surface area contributed by atoms with Gasteiger partial charge in [-0.05, 0) is 49.4 Å². The summed E-state index contributed by atoms with van der Waals surface area (Å²) in [6, 6.07) is 16.7. The van der Waals surface area contributed by atoms with Crippen LogP contribution < -0.4 is 4.90 Å². The number of rotatable bonds is 4. The summed E-state index contributed by atoms with van der Waals surface area (Å²) in [6.45, 7) is 5.97. The van der Waals surface area contributed by atoms with Crippen LogP contribution in [-0.4, -0.2) is 17.0 Å². The van der Waals surface area contributed by atoms with Gasteiger partial charge in [0.1, 0.15) is 5.69 Å². The van der Waals surface area contributed by atoms with Crippen molar-refractivity contribution in [2.75, 3.05) is 11.4 Å². The van der Waals surface area contributed by atoms with Gasteiger partial charge in [-0.1, -0.05) is 49.7 Å². The SMILES string of the molecule is CCCCn1c(C(=O)N2CCCc3ccccc32)c(C)c2ccccc21. The van der Waals surface area contributed by atoms with Gasteiger partial charge < -0.3 is 9.47 Å². The zero-order valence-corrected chi connectivity index (χ0v) is 15.7. The van der Waals surface area contributed by atoms with Crippen LogP contribution in [0.5, 0.6) is 0 Å². The Morgan fingerprint density at radius 3 is 2.69 bits per heavy atom. The molecule has 0 fully saturated rings. The second-order valence-corrected chi connectivity index (χ2v) is 7.19. The Morgan fingerprint density at radius 2 is 1.85 bits per heavy atom. The molecule has 0 atom stereocenters. The number of unbranched alkanes of at least 4 members (excludes halogenated alkanes) is 1. The Bertz CT molecular complexity index is 954. The monoisotopic (exact) mass is 346 g/mol. The van der Waals surface area contributed by atoms with Crippen molar-refractivity contribution in [2.45, 2.75) is 46.1 Å². The van der Waals surface area contributed by atoms with Crippen molar-refractivity contribution in [1.82, 2.24) is 4.57 Å². The fourth-order valence-electron chi connectivity index (χ4n) is 4.17. The second kappa shape index (κ2) is 6.99. The van der Waals surface area contributed by atoms with Crippen molar-refractivity contribution < 1.29 is 4.79 Å². The first-order valence-electron chi connectivity index (χ1n) is 9.70. The smallest absolute Gasteiger partial charge is 0.275 e. The first-order chi connectivity index (χ1) is 12.7. The molecule has 2 heterocycles. The number of para-hydroxylation sites is 2. The summed E-state index contributed by atoms with van der Waals surface area (Å²) in [5, 5.41) is 1.19. The fourth-order valence-corrected chi connectivity index (χ4v) is 4.17. The number of anilines is 1. The van der Waals surface area contributed by atoms with Crippen molar-refractivity contribution in [3.63, 3.8) is 0 Å². The number of hydrogen-bond donors (Lipinski definition) is 0. The third-order valence-corrected chi connectivity index (χ3v) is 5.52. The second-order valence-electron chi connectivity index (χ2n) is 7.19. The summed E-state index contributed by atoms with van der Waals surface area (Å²) < 4.78 is 2.24. The fraction of sp³-hybridized carbons (Fsp3) is 0.348. The topological polar surface area (TPSA) is 25.2 Å². The zero-order valence-electron chi connectivity index (χ0n) is 15.7. The van der Waals surface area contributed by atoms with Crippen LogP contribution in [0.2, 0.25) is 0 Å². The van der Waals surface area contributed by atoms with E-state index in [0.29, 0.717) is 0 Å². The van der Waals surface area contributed by atoms with Gasteiger partial charge in [-0.15, -0.1) is 0 Å². The highest BCUT2D eigenvalue weighted by molar-refractivity contribution is 6.10. The summed E-state index contributed by atoms with van der Waals surface area (Å²) >= 11 is 0. The summed E-state index contributed by atoms with van der Waals surface area (Å²) in [5.41, 5.74) is 5.49. The van der Waals surface area contributed by atoms with Gasteiger partial charge in [-0.2, -0.15) is 0 Å². The van der Waals surface area contributed by atoms with Crippen LogP contribution >= 0.6 is 0 Å². The van der Waals surface area contributed by atoms with Gasteiger partial charge in [-0.3, -0.25) is 4.79 Å². The predicted molar refractivity (Wildman–Crippen MR) is 108 cm³/mol. The van der Waals surface area contributed by atoms with E-state index in [4.69, 9.17) is 0 Å². The van der Waals surface area contributed by atoms with Crippen LogP contribution in [0.1, 0.15) is 47.8 Å². The Morgan fingerprint density at radius 1 is 1.08 bits per heavy atom. The molecule has 0 spiro atoms. The quantitative estimate of drug-likeness (QED) is 0.626. The van der Waals surface area contributed by atoms with Crippen LogP contribution in [0.4, 0.5) is 5.69 Å². The van der Waals surface area contributed by atoms with Crippen molar-refractivity contribution in [2.24, 2.45) is 0 Å². The molecule has 0 saturated heterocycles. The molecule has 0 saturated carbocycles. The molecule has 0 N–H and O–H groups in total. The van der Waals surface area contributed by atoms with E-state index in [9.17, 15) is 4.79 Å². The van der Waals surface area contributed by atoms with Crippen molar-refractivity contribution in [3.8, 4) is 0 Å². The third kappa shape index (κ3) is 2.72. The van der Waals surface area contributed by atoms with Crippen LogP contribution in [0.25, 0.3) is 10.9 Å². The lowest BCUT2D eigenvalue weighted by Gasteiger charge is -2.30. The first kappa shape index (κ1) is 16.9. The average molecular weight is 346 g/mol. The van der Waals surface area contributed by atoms with E-state index in [1.165, 1.54) is 16.5 Å². The minimum absolute atomic E-state index is 0.141. The van der Waals surface area contributed by atoms with E-state index < -0.39 is 0 Å². The number of aromatic nitrogens is 1. The number of nitrogens with zero attached hydrogens (tertiary/aromatic N) is 2. The largest absolute Gasteiger partial charge is 0.336 e. The lowest BCUT2D eigenvalue weighted by Crippen LogP contribution is -2.37. The minimum atomic E-state index is 0.141. The molecule has 0 radical (unpaired) electrons. The molecular formula is C23H26N2O. The molecule has 0 unspecified atom stereocenters. The maximum Gasteiger partial charge on any atom is 0.275 e. The minimum Gasteiger partial charge on any atom is -0.336 e. The Labute approximate surface area is 155 Å². The standard InChI is InChI=1S/C23H26N2O/c1-3-4-15-24-21-14-8-6-12-19(21)17(2)22(24)23(26)25-16-9-11-18-10-5-7-13-20(18)25/h5-8,10,12-14H,3-4,9,11,15-16H2,1-2H3. The summed E-state index contributed by atoms with van der Waals surface area (Å²) in [7, 11) is 0. The van der Waals surface area contributed by atoms with Gasteiger partial charge in [-0.25, -0.2) is 0 Å². The van der Waals surface area contributed by atoms with Gasteiger partial charge in [0, 0.05) is 29.7 Å². The van der Waals surface area contributed by atoms with E-state index >= 15 is 0 Å². The highest BCUT2D eigenvalue weighted by atomic mass is 16.2. The van der Waals surface area contributed by atoms with Crippen LogP contribution in [0.3, 0.4) is 0 Å². The molecule has 3 nitrogen and oxygen atoms in total. The van der Waals surface area contributed by atoms with E-state index in [1.807, 2.05) is 11.0 Å². The normalized spacial score (nSPS) is 13.8. The molecule has 26 heavy (non-hydrogen) atoms. The van der Waals surface area contributed by atoms with Crippen LogP contribution in [-0.2, 0) is 13.0 Å². The number of carbonyl (C=O) groups excluding carboxylic acids is 1. The maximum absolute atomic E-state index is 13.6. The average Bonchev–Trinajstić information content (AvgIpc) is 2.97. The first-order valence-corrected chi connectivity index (χ1v) is 9.70. The van der Waals surface area contributed by atoms with E-state index in [0.717, 1.165) is 55.7 Å². The molecule has 1 aromatic heterocycles. The van der Waals surface area contributed by atoms with Crippen LogP contribution in [0.15, 0.2) is 48.5 Å². The Balaban J connectivity index is 1.84. The molecule has 0 aliphatic carbocycles. The van der Waals surface area contributed by atoms with Gasteiger partial charge in [0.25, 0.3) is 5.91 Å². The van der Waals surface area contributed by atoms with E-state index in [2.05, 4.69) is 60.9 Å². The van der Waals surface area contributed by atoms with E-state index in [-0.39, 0.29) is 5.91 Å². The van der Waals surface area contributed by atoms with Gasteiger partial charge in [0.2, 0.25) is 0 Å². The number of fused-ring (bicyclic) bond motifs is 2. The zero-order chi connectivity index (χ0) is 18.1. The Kier molecular flexibility index (Phi) is 4.54. The third-order valence-electron chi connectivity index (χ3n) is 5.52. The van der Waals surface area contributed by atoms with Crippen LogP contribution in [0, 0.1) is 6.92 Å². The molecule has 0 bridgehead atoms. The Hall–Kier alpha value is -2.55. The molecule has 1 aliphatic rings. The molecule has 134 valence electrons. The van der Waals surface area contributed by atoms with Crippen molar-refractivity contribution in [3.05, 3.63) is 65.4 Å². The highest BCUT2D eigenvalue weighted by Gasteiger charge is 2.28. The molecule has 3 heteroatoms. The lowest BCUT2D eigenvalue weighted by molar-refractivity contribution is 0.0975. The van der Waals surface area contributed by atoms with Gasteiger partial charge >= 0.3 is 0 Å². The van der Waals surface area contributed by atoms with Gasteiger partial charge in [0.15, 0.2) is 0 Å². The molecule has 4 rings (SSSR count).